The molecule has 9 heteroatoms. The molecule has 0 saturated carbocycles. The molecule has 0 aliphatic rings. The fourth-order valence-corrected chi connectivity index (χ4v) is 3.20. The van der Waals surface area contributed by atoms with Crippen molar-refractivity contribution < 1.29 is 18.7 Å². The van der Waals surface area contributed by atoms with Crippen molar-refractivity contribution in [2.75, 3.05) is 7.11 Å². The van der Waals surface area contributed by atoms with Crippen molar-refractivity contribution in [2.45, 2.75) is 13.5 Å². The average Bonchev–Trinajstić information content (AvgIpc) is 3.37. The van der Waals surface area contributed by atoms with Gasteiger partial charge >= 0.3 is 5.97 Å². The molecule has 0 fully saturated rings. The summed E-state index contributed by atoms with van der Waals surface area (Å²) in [5.74, 6) is 1.35. The lowest BCUT2D eigenvalue weighted by Gasteiger charge is -2.11. The molecule has 0 spiro atoms. The van der Waals surface area contributed by atoms with E-state index >= 15 is 0 Å². The summed E-state index contributed by atoms with van der Waals surface area (Å²) in [6.45, 7) is 1.94. The predicted octanol–water partition coefficient (Wildman–Crippen LogP) is 4.24. The minimum Gasteiger partial charge on any atom is -0.485 e. The van der Waals surface area contributed by atoms with Gasteiger partial charge in [-0.15, -0.1) is 0 Å². The van der Waals surface area contributed by atoms with Gasteiger partial charge in [0.05, 0.1) is 13.3 Å². The van der Waals surface area contributed by atoms with E-state index in [-0.39, 0.29) is 12.4 Å². The first-order chi connectivity index (χ1) is 14.6. The maximum atomic E-state index is 11.6. The summed E-state index contributed by atoms with van der Waals surface area (Å²) in [5, 5.41) is 13.3. The van der Waals surface area contributed by atoms with Gasteiger partial charge in [-0.1, -0.05) is 30.3 Å². The first-order valence-corrected chi connectivity index (χ1v) is 9.47. The van der Waals surface area contributed by atoms with Crippen LogP contribution in [0.15, 0.2) is 58.0 Å². The molecule has 1 N–H and O–H groups in total. The van der Waals surface area contributed by atoms with Crippen molar-refractivity contribution in [1.82, 2.24) is 14.9 Å². The van der Waals surface area contributed by atoms with Crippen LogP contribution in [0.25, 0.3) is 10.8 Å². The lowest BCUT2D eigenvalue weighted by molar-refractivity contribution is 0.0561. The van der Waals surface area contributed by atoms with Crippen LogP contribution in [0.2, 0.25) is 0 Å². The molecular weight excluding hydrogens is 404 g/mol. The number of nitrogens with zero attached hydrogens (tertiary/aromatic N) is 3. The number of hydrogen-bond acceptors (Lipinski definition) is 7. The van der Waals surface area contributed by atoms with Crippen LogP contribution in [0.4, 0.5) is 0 Å². The van der Waals surface area contributed by atoms with E-state index in [9.17, 15) is 4.79 Å². The van der Waals surface area contributed by atoms with Crippen molar-refractivity contribution >= 4 is 35.2 Å². The van der Waals surface area contributed by atoms with E-state index in [2.05, 4.69) is 20.0 Å². The van der Waals surface area contributed by atoms with Crippen LogP contribution >= 0.6 is 12.2 Å². The number of ether oxygens (including phenoxy) is 2. The highest BCUT2D eigenvalue weighted by atomic mass is 32.1. The Balaban J connectivity index is 1.67. The third kappa shape index (κ3) is 3.87. The van der Waals surface area contributed by atoms with Gasteiger partial charge < -0.3 is 13.9 Å². The first kappa shape index (κ1) is 19.6. The Morgan fingerprint density at radius 2 is 2.10 bits per heavy atom. The lowest BCUT2D eigenvalue weighted by Crippen LogP contribution is -2.01. The molecule has 0 radical (unpaired) electrons. The Kier molecular flexibility index (Phi) is 5.44. The zero-order valence-electron chi connectivity index (χ0n) is 16.3. The van der Waals surface area contributed by atoms with Crippen molar-refractivity contribution in [3.63, 3.8) is 0 Å². The van der Waals surface area contributed by atoms with Gasteiger partial charge in [0.25, 0.3) is 0 Å². The minimum absolute atomic E-state index is 0.126. The van der Waals surface area contributed by atoms with Crippen LogP contribution in [0.1, 0.15) is 27.7 Å². The van der Waals surface area contributed by atoms with E-state index in [0.717, 1.165) is 16.3 Å². The highest BCUT2D eigenvalue weighted by molar-refractivity contribution is 7.71. The van der Waals surface area contributed by atoms with Crippen molar-refractivity contribution in [2.24, 2.45) is 5.10 Å². The number of rotatable bonds is 6. The van der Waals surface area contributed by atoms with E-state index < -0.39 is 5.97 Å². The highest BCUT2D eigenvalue weighted by Gasteiger charge is 2.13. The SMILES string of the molecule is COC(=O)c1ccc(COc2ccc3ccccc3c2/C=N/n2c(C)n[nH]c2=S)o1. The highest BCUT2D eigenvalue weighted by Crippen LogP contribution is 2.28. The first-order valence-electron chi connectivity index (χ1n) is 9.07. The second kappa shape index (κ2) is 8.34. The third-order valence-electron chi connectivity index (χ3n) is 4.46. The Hall–Kier alpha value is -3.72. The van der Waals surface area contributed by atoms with Gasteiger partial charge in [-0.2, -0.15) is 14.9 Å². The summed E-state index contributed by atoms with van der Waals surface area (Å²) in [7, 11) is 1.30. The summed E-state index contributed by atoms with van der Waals surface area (Å²) in [4.78, 5) is 11.6. The molecule has 0 aliphatic heterocycles. The number of esters is 1. The topological polar surface area (TPSA) is 94.6 Å². The van der Waals surface area contributed by atoms with Crippen LogP contribution in [-0.4, -0.2) is 34.2 Å². The van der Waals surface area contributed by atoms with E-state index in [4.69, 9.17) is 21.4 Å². The molecule has 0 amide bonds. The molecule has 4 aromatic rings. The molecule has 30 heavy (non-hydrogen) atoms. The van der Waals surface area contributed by atoms with Crippen molar-refractivity contribution in [3.05, 3.63) is 76.2 Å². The number of H-pyrrole nitrogens is 1. The summed E-state index contributed by atoms with van der Waals surface area (Å²) in [6, 6.07) is 15.0. The zero-order valence-corrected chi connectivity index (χ0v) is 17.1. The molecule has 0 atom stereocenters. The summed E-state index contributed by atoms with van der Waals surface area (Å²) < 4.78 is 18.1. The summed E-state index contributed by atoms with van der Waals surface area (Å²) in [6.07, 6.45) is 1.69. The van der Waals surface area contributed by atoms with Crippen molar-refractivity contribution in [1.29, 1.82) is 0 Å². The number of methoxy groups -OCH3 is 1. The number of carbonyl (C=O) groups is 1. The van der Waals surface area contributed by atoms with E-state index in [1.54, 1.807) is 25.3 Å². The van der Waals surface area contributed by atoms with Gasteiger partial charge in [0.2, 0.25) is 10.5 Å². The second-order valence-corrected chi connectivity index (χ2v) is 6.76. The molecule has 0 unspecified atom stereocenters. The standard InChI is InChI=1S/C21H18N4O4S/c1-13-23-24-21(30)25(13)22-11-17-16-6-4-3-5-14(16)7-9-18(17)28-12-15-8-10-19(29-15)20(26)27-2/h3-11H,12H2,1-2H3,(H,24,30)/b22-11+. The molecular formula is C21H18N4O4S. The molecule has 152 valence electrons. The lowest BCUT2D eigenvalue weighted by atomic mass is 10.0. The Labute approximate surface area is 176 Å². The monoisotopic (exact) mass is 422 g/mol. The maximum absolute atomic E-state index is 11.6. The van der Waals surface area contributed by atoms with E-state index in [1.807, 2.05) is 36.4 Å². The van der Waals surface area contributed by atoms with Gasteiger partial charge in [-0.3, -0.25) is 5.10 Å². The predicted molar refractivity (Wildman–Crippen MR) is 113 cm³/mol. The van der Waals surface area contributed by atoms with Gasteiger partial charge in [0, 0.05) is 5.56 Å². The summed E-state index contributed by atoms with van der Waals surface area (Å²) >= 11 is 5.22. The number of fused-ring (bicyclic) bond motifs is 1. The Bertz CT molecular complexity index is 1300. The number of aryl methyl sites for hydroxylation is 1. The van der Waals surface area contributed by atoms with Gasteiger partial charge in [0.1, 0.15) is 23.9 Å². The van der Waals surface area contributed by atoms with Gasteiger partial charge in [-0.05, 0) is 48.1 Å². The van der Waals surface area contributed by atoms with Crippen LogP contribution in [0.5, 0.6) is 5.75 Å². The van der Waals surface area contributed by atoms with Crippen LogP contribution in [0, 0.1) is 11.7 Å². The Morgan fingerprint density at radius 3 is 2.87 bits per heavy atom. The van der Waals surface area contributed by atoms with Gasteiger partial charge in [0.15, 0.2) is 0 Å². The number of carbonyl (C=O) groups excluding carboxylic acids is 1. The average molecular weight is 422 g/mol. The number of nitrogens with one attached hydrogen (secondary N) is 1. The number of benzene rings is 2. The minimum atomic E-state index is -0.535. The normalized spacial score (nSPS) is 11.3. The Morgan fingerprint density at radius 1 is 1.27 bits per heavy atom. The number of furan rings is 1. The molecule has 2 heterocycles. The van der Waals surface area contributed by atoms with E-state index in [0.29, 0.717) is 22.1 Å². The smallest absolute Gasteiger partial charge is 0.373 e. The number of aromatic nitrogens is 3. The molecule has 8 nitrogen and oxygen atoms in total. The van der Waals surface area contributed by atoms with Gasteiger partial charge in [-0.25, -0.2) is 4.79 Å². The number of aromatic amines is 1. The maximum Gasteiger partial charge on any atom is 0.373 e. The molecule has 0 aliphatic carbocycles. The molecule has 2 aromatic carbocycles. The molecule has 0 bridgehead atoms. The fraction of sp³-hybridized carbons (Fsp3) is 0.143. The molecule has 4 rings (SSSR count). The molecule has 0 saturated heterocycles. The largest absolute Gasteiger partial charge is 0.485 e. The van der Waals surface area contributed by atoms with Crippen LogP contribution in [-0.2, 0) is 11.3 Å². The molecule has 2 aromatic heterocycles. The third-order valence-corrected chi connectivity index (χ3v) is 4.73. The second-order valence-electron chi connectivity index (χ2n) is 6.38. The fourth-order valence-electron chi connectivity index (χ4n) is 2.97. The van der Waals surface area contributed by atoms with Crippen LogP contribution < -0.4 is 4.74 Å². The summed E-state index contributed by atoms with van der Waals surface area (Å²) in [5.41, 5.74) is 0.787. The van der Waals surface area contributed by atoms with Crippen LogP contribution in [0.3, 0.4) is 0 Å². The number of hydrogen-bond donors (Lipinski definition) is 1. The van der Waals surface area contributed by atoms with E-state index in [1.165, 1.54) is 11.8 Å². The quantitative estimate of drug-likeness (QED) is 0.284. The zero-order chi connectivity index (χ0) is 21.1. The van der Waals surface area contributed by atoms with Crippen molar-refractivity contribution in [3.8, 4) is 5.75 Å².